The Morgan fingerprint density at radius 1 is 1.30 bits per heavy atom. The molecule has 0 aromatic rings. The molecule has 1 aliphatic heterocycles. The molecule has 1 saturated heterocycles. The smallest absolute Gasteiger partial charge is 0.245 e. The van der Waals surface area contributed by atoms with Crippen molar-refractivity contribution in [2.45, 2.75) is 12.8 Å². The first-order valence-corrected chi connectivity index (χ1v) is 2.76. The van der Waals surface area contributed by atoms with Gasteiger partial charge in [0.05, 0.1) is 0 Å². The summed E-state index contributed by atoms with van der Waals surface area (Å²) in [5.74, 6) is -0.682. The molecule has 6 nitrogen and oxygen atoms in total. The third kappa shape index (κ3) is 1.13. The second kappa shape index (κ2) is 2.74. The van der Waals surface area contributed by atoms with Crippen LogP contribution in [0.5, 0.6) is 0 Å². The molecule has 6 heteroatoms. The molecule has 0 atom stereocenters. The van der Waals surface area contributed by atoms with Crippen LogP contribution in [-0.2, 0) is 9.59 Å². The second-order valence-corrected chi connectivity index (χ2v) is 1.85. The first kappa shape index (κ1) is 7.13. The van der Waals surface area contributed by atoms with Crippen molar-refractivity contribution in [2.75, 3.05) is 0 Å². The molecule has 0 saturated carbocycles. The van der Waals surface area contributed by atoms with Crippen molar-refractivity contribution in [3.05, 3.63) is 0 Å². The highest BCUT2D eigenvalue weighted by atomic mass is 16.5. The fourth-order valence-electron chi connectivity index (χ4n) is 0.751. The number of carbonyl (C=O) groups is 2. The van der Waals surface area contributed by atoms with Crippen molar-refractivity contribution in [1.82, 2.24) is 16.1 Å². The third-order valence-electron chi connectivity index (χ3n) is 1.21. The van der Waals surface area contributed by atoms with Gasteiger partial charge in [0.2, 0.25) is 11.8 Å². The van der Waals surface area contributed by atoms with Gasteiger partial charge in [0, 0.05) is 12.8 Å². The van der Waals surface area contributed by atoms with Crippen molar-refractivity contribution in [1.29, 1.82) is 0 Å². The Balaban J connectivity index is 2.54. The number of nitrogens with one attached hydrogen (secondary N) is 2. The van der Waals surface area contributed by atoms with Crippen LogP contribution >= 0.6 is 0 Å². The Hall–Kier alpha value is -0.980. The van der Waals surface area contributed by atoms with Gasteiger partial charge in [0.15, 0.2) is 0 Å². The van der Waals surface area contributed by atoms with Gasteiger partial charge in [0.25, 0.3) is 0 Å². The topological polar surface area (TPSA) is 81.7 Å². The normalized spacial score (nSPS) is 18.7. The molecule has 2 amide bonds. The summed E-state index contributed by atoms with van der Waals surface area (Å²) in [4.78, 5) is 21.3. The number of amides is 2. The Kier molecular flexibility index (Phi) is 1.95. The highest BCUT2D eigenvalue weighted by Crippen LogP contribution is 2.07. The van der Waals surface area contributed by atoms with Gasteiger partial charge in [0.1, 0.15) is 0 Å². The molecule has 0 aromatic heterocycles. The van der Waals surface area contributed by atoms with E-state index >= 15 is 0 Å². The fourth-order valence-corrected chi connectivity index (χ4v) is 0.751. The molecule has 1 rings (SSSR count). The molecule has 0 aliphatic carbocycles. The van der Waals surface area contributed by atoms with Crippen LogP contribution in [0.15, 0.2) is 0 Å². The second-order valence-electron chi connectivity index (χ2n) is 1.85. The lowest BCUT2D eigenvalue weighted by Gasteiger charge is -2.11. The van der Waals surface area contributed by atoms with E-state index < -0.39 is 0 Å². The molecule has 0 bridgehead atoms. The first-order valence-electron chi connectivity index (χ1n) is 2.76. The van der Waals surface area contributed by atoms with Crippen molar-refractivity contribution < 1.29 is 14.8 Å². The van der Waals surface area contributed by atoms with Crippen LogP contribution in [-0.4, -0.2) is 22.0 Å². The molecule has 10 heavy (non-hydrogen) atoms. The summed E-state index contributed by atoms with van der Waals surface area (Å²) < 4.78 is 0. The molecule has 1 heterocycles. The summed E-state index contributed by atoms with van der Waals surface area (Å²) >= 11 is 0. The van der Waals surface area contributed by atoms with E-state index in [1.165, 1.54) is 5.59 Å². The average Bonchev–Trinajstić information content (AvgIpc) is 2.20. The van der Waals surface area contributed by atoms with E-state index in [2.05, 4.69) is 0 Å². The quantitative estimate of drug-likeness (QED) is 0.326. The highest BCUT2D eigenvalue weighted by Gasteiger charge is 2.28. The van der Waals surface area contributed by atoms with Gasteiger partial charge in [-0.25, -0.2) is 0 Å². The SMILES string of the molecule is O=C1CCC(=O)N1NNO. The van der Waals surface area contributed by atoms with Gasteiger partial charge in [-0.05, 0) is 0 Å². The lowest BCUT2D eigenvalue weighted by Crippen LogP contribution is -2.48. The Morgan fingerprint density at radius 3 is 2.20 bits per heavy atom. The van der Waals surface area contributed by atoms with Crippen LogP contribution in [0.2, 0.25) is 0 Å². The maximum atomic E-state index is 10.7. The van der Waals surface area contributed by atoms with Gasteiger partial charge in [-0.3, -0.25) is 9.59 Å². The lowest BCUT2D eigenvalue weighted by molar-refractivity contribution is -0.147. The van der Waals surface area contributed by atoms with Crippen LogP contribution in [0.3, 0.4) is 0 Å². The summed E-state index contributed by atoms with van der Waals surface area (Å²) in [7, 11) is 0. The number of rotatable bonds is 2. The standard InChI is InChI=1S/C4H7N3O3/c8-3-1-2-4(9)7(3)5-6-10/h5-6,10H,1-2H2. The van der Waals surface area contributed by atoms with Crippen LogP contribution in [0.4, 0.5) is 0 Å². The van der Waals surface area contributed by atoms with E-state index in [1.54, 1.807) is 0 Å². The largest absolute Gasteiger partial charge is 0.300 e. The predicted molar refractivity (Wildman–Crippen MR) is 29.1 cm³/mol. The predicted octanol–water partition coefficient (Wildman–Crippen LogP) is -1.47. The molecule has 3 N–H and O–H groups in total. The van der Waals surface area contributed by atoms with Crippen molar-refractivity contribution in [3.8, 4) is 0 Å². The molecule has 0 radical (unpaired) electrons. The van der Waals surface area contributed by atoms with Gasteiger partial charge in [-0.2, -0.15) is 5.01 Å². The summed E-state index contributed by atoms with van der Waals surface area (Å²) in [6.07, 6.45) is 0.404. The maximum absolute atomic E-state index is 10.7. The number of hydrogen-bond acceptors (Lipinski definition) is 5. The zero-order valence-electron chi connectivity index (χ0n) is 5.13. The van der Waals surface area contributed by atoms with E-state index in [4.69, 9.17) is 5.21 Å². The summed E-state index contributed by atoms with van der Waals surface area (Å²) in [6.45, 7) is 0. The van der Waals surface area contributed by atoms with E-state index in [-0.39, 0.29) is 24.7 Å². The van der Waals surface area contributed by atoms with Gasteiger partial charge in [-0.15, -0.1) is 11.1 Å². The lowest BCUT2D eigenvalue weighted by atomic mass is 10.4. The van der Waals surface area contributed by atoms with Crippen LogP contribution in [0, 0.1) is 0 Å². The van der Waals surface area contributed by atoms with Gasteiger partial charge < -0.3 is 5.21 Å². The van der Waals surface area contributed by atoms with Gasteiger partial charge in [-0.1, -0.05) is 0 Å². The minimum absolute atomic E-state index is 0.202. The Labute approximate surface area is 56.7 Å². The summed E-state index contributed by atoms with van der Waals surface area (Å²) in [5, 5.41) is 8.79. The Bertz CT molecular complexity index is 153. The van der Waals surface area contributed by atoms with Crippen LogP contribution in [0.25, 0.3) is 0 Å². The third-order valence-corrected chi connectivity index (χ3v) is 1.21. The summed E-state index contributed by atoms with van der Waals surface area (Å²) in [6, 6.07) is 0. The van der Waals surface area contributed by atoms with E-state index in [0.717, 1.165) is 5.01 Å². The molecule has 0 aromatic carbocycles. The zero-order valence-corrected chi connectivity index (χ0v) is 5.13. The van der Waals surface area contributed by atoms with Crippen LogP contribution < -0.4 is 11.1 Å². The number of hydrazine groups is 2. The molecule has 0 unspecified atom stereocenters. The maximum Gasteiger partial charge on any atom is 0.245 e. The first-order chi connectivity index (χ1) is 4.75. The summed E-state index contributed by atoms with van der Waals surface area (Å²) in [5.41, 5.74) is 3.49. The monoisotopic (exact) mass is 145 g/mol. The minimum atomic E-state index is -0.341. The van der Waals surface area contributed by atoms with E-state index in [9.17, 15) is 9.59 Å². The number of imide groups is 1. The van der Waals surface area contributed by atoms with Crippen molar-refractivity contribution in [3.63, 3.8) is 0 Å². The molecular formula is C4H7N3O3. The zero-order chi connectivity index (χ0) is 7.56. The molecule has 1 aliphatic rings. The molecule has 56 valence electrons. The minimum Gasteiger partial charge on any atom is -0.300 e. The number of nitrogens with zero attached hydrogens (tertiary/aromatic N) is 1. The van der Waals surface area contributed by atoms with Crippen LogP contribution in [0.1, 0.15) is 12.8 Å². The van der Waals surface area contributed by atoms with Crippen molar-refractivity contribution in [2.24, 2.45) is 0 Å². The van der Waals surface area contributed by atoms with E-state index in [1.807, 2.05) is 5.53 Å². The number of hydrogen-bond donors (Lipinski definition) is 3. The van der Waals surface area contributed by atoms with E-state index in [0.29, 0.717) is 0 Å². The highest BCUT2D eigenvalue weighted by molar-refractivity contribution is 6.01. The number of carbonyl (C=O) groups excluding carboxylic acids is 2. The average molecular weight is 145 g/mol. The molecular weight excluding hydrogens is 138 g/mol. The molecule has 1 fully saturated rings. The van der Waals surface area contributed by atoms with Crippen molar-refractivity contribution >= 4 is 11.8 Å². The van der Waals surface area contributed by atoms with Gasteiger partial charge >= 0.3 is 0 Å². The Morgan fingerprint density at radius 2 is 1.80 bits per heavy atom. The molecule has 0 spiro atoms. The fraction of sp³-hybridized carbons (Fsp3) is 0.500.